The van der Waals surface area contributed by atoms with Crippen molar-refractivity contribution in [3.05, 3.63) is 51.6 Å². The minimum absolute atomic E-state index is 0.124. The van der Waals surface area contributed by atoms with Gasteiger partial charge in [-0.25, -0.2) is 4.98 Å². The third kappa shape index (κ3) is 2.90. The van der Waals surface area contributed by atoms with Crippen molar-refractivity contribution < 1.29 is 10.2 Å². The molecule has 0 spiro atoms. The lowest BCUT2D eigenvalue weighted by atomic mass is 10.2. The lowest BCUT2D eigenvalue weighted by molar-refractivity contribution is 0.425. The highest BCUT2D eigenvalue weighted by Crippen LogP contribution is 2.26. The molecule has 0 bridgehead atoms. The number of aromatic amines is 1. The maximum atomic E-state index is 9.90. The first-order valence-corrected chi connectivity index (χ1v) is 9.48. The second kappa shape index (κ2) is 6.21. The lowest BCUT2D eigenvalue weighted by Gasteiger charge is -2.00. The van der Waals surface area contributed by atoms with Crippen LogP contribution in [0, 0.1) is 11.3 Å². The molecule has 0 amide bonds. The Morgan fingerprint density at radius 2 is 2.18 bits per heavy atom. The zero-order valence-corrected chi connectivity index (χ0v) is 15.3. The maximum Gasteiger partial charge on any atom is 0.198 e. The SMILES string of the molecule is N#Cc1ccc(-c2cc(=NC3CC3)n3ncc(=Cc4cc(O)[nH]c4O)c3n2)s1. The second-order valence-corrected chi connectivity index (χ2v) is 7.66. The summed E-state index contributed by atoms with van der Waals surface area (Å²) in [4.78, 5) is 13.4. The molecule has 3 N–H and O–H groups in total. The maximum absolute atomic E-state index is 9.90. The summed E-state index contributed by atoms with van der Waals surface area (Å²) >= 11 is 1.37. The van der Waals surface area contributed by atoms with Gasteiger partial charge in [-0.15, -0.1) is 11.3 Å². The average molecular weight is 390 g/mol. The summed E-state index contributed by atoms with van der Waals surface area (Å²) < 4.78 is 1.68. The van der Waals surface area contributed by atoms with Crippen LogP contribution in [-0.2, 0) is 0 Å². The molecule has 1 fully saturated rings. The van der Waals surface area contributed by atoms with Crippen LogP contribution in [0.3, 0.4) is 0 Å². The molecule has 0 atom stereocenters. The van der Waals surface area contributed by atoms with E-state index in [9.17, 15) is 10.2 Å². The number of H-pyrrole nitrogens is 1. The van der Waals surface area contributed by atoms with E-state index in [4.69, 9.17) is 15.2 Å². The van der Waals surface area contributed by atoms with Crippen molar-refractivity contribution in [1.29, 1.82) is 5.26 Å². The van der Waals surface area contributed by atoms with Gasteiger partial charge in [0.1, 0.15) is 10.9 Å². The predicted molar refractivity (Wildman–Crippen MR) is 103 cm³/mol. The minimum atomic E-state index is -0.132. The largest absolute Gasteiger partial charge is 0.494 e. The Morgan fingerprint density at radius 1 is 1.32 bits per heavy atom. The summed E-state index contributed by atoms with van der Waals surface area (Å²) in [7, 11) is 0. The molecular formula is C19H14N6O2S. The van der Waals surface area contributed by atoms with Crippen molar-refractivity contribution in [2.45, 2.75) is 18.9 Å². The zero-order valence-electron chi connectivity index (χ0n) is 14.5. The van der Waals surface area contributed by atoms with Crippen LogP contribution in [0.1, 0.15) is 23.3 Å². The van der Waals surface area contributed by atoms with E-state index in [1.54, 1.807) is 22.9 Å². The van der Waals surface area contributed by atoms with E-state index in [1.165, 1.54) is 17.4 Å². The smallest absolute Gasteiger partial charge is 0.198 e. The van der Waals surface area contributed by atoms with Crippen LogP contribution in [0.4, 0.5) is 0 Å². The van der Waals surface area contributed by atoms with Crippen LogP contribution in [0.5, 0.6) is 11.8 Å². The summed E-state index contributed by atoms with van der Waals surface area (Å²) in [5.74, 6) is -0.256. The molecule has 5 rings (SSSR count). The summed E-state index contributed by atoms with van der Waals surface area (Å²) in [5.41, 5.74) is 2.44. The number of hydrogen-bond acceptors (Lipinski definition) is 7. The van der Waals surface area contributed by atoms with E-state index in [2.05, 4.69) is 16.2 Å². The van der Waals surface area contributed by atoms with Crippen molar-refractivity contribution in [2.24, 2.45) is 4.99 Å². The standard InChI is InChI=1S/C19H14N6O2S/c20-8-13-3-4-15(28-13)14-7-16(22-12-1-2-12)25-18(23-14)11(9-21-25)5-10-6-17(26)24-19(10)27/h3-7,9,12,24,26-27H,1-2H2. The summed E-state index contributed by atoms with van der Waals surface area (Å²) in [5, 5.41) is 33.6. The summed E-state index contributed by atoms with van der Waals surface area (Å²) in [6, 6.07) is 9.41. The van der Waals surface area contributed by atoms with Crippen LogP contribution in [0.15, 0.2) is 35.5 Å². The predicted octanol–water partition coefficient (Wildman–Crippen LogP) is 1.68. The van der Waals surface area contributed by atoms with Gasteiger partial charge in [0.15, 0.2) is 22.9 Å². The molecule has 4 heterocycles. The quantitative estimate of drug-likeness (QED) is 0.491. The van der Waals surface area contributed by atoms with Crippen LogP contribution in [0.2, 0.25) is 0 Å². The Bertz CT molecular complexity index is 1370. The molecule has 0 unspecified atom stereocenters. The first-order chi connectivity index (χ1) is 13.6. The van der Waals surface area contributed by atoms with Crippen LogP contribution in [0.25, 0.3) is 22.3 Å². The number of rotatable bonds is 3. The molecule has 4 aromatic rings. The van der Waals surface area contributed by atoms with E-state index in [-0.39, 0.29) is 11.8 Å². The average Bonchev–Trinajstić information content (AvgIpc) is 3.08. The Labute approximate surface area is 162 Å². The second-order valence-electron chi connectivity index (χ2n) is 6.57. The number of nitriles is 1. The zero-order chi connectivity index (χ0) is 19.3. The van der Waals surface area contributed by atoms with Crippen LogP contribution in [-0.4, -0.2) is 35.8 Å². The van der Waals surface area contributed by atoms with Crippen molar-refractivity contribution in [3.63, 3.8) is 0 Å². The molecule has 0 aromatic carbocycles. The number of aromatic hydroxyl groups is 2. The molecule has 9 heteroatoms. The number of aromatic nitrogens is 4. The number of fused-ring (bicyclic) bond motifs is 1. The van der Waals surface area contributed by atoms with Gasteiger partial charge in [0.05, 0.1) is 22.8 Å². The van der Waals surface area contributed by atoms with Gasteiger partial charge in [-0.3, -0.25) is 9.98 Å². The van der Waals surface area contributed by atoms with E-state index in [0.29, 0.717) is 32.8 Å². The van der Waals surface area contributed by atoms with Crippen molar-refractivity contribution in [3.8, 4) is 28.4 Å². The summed E-state index contributed by atoms with van der Waals surface area (Å²) in [6.45, 7) is 0. The van der Waals surface area contributed by atoms with E-state index >= 15 is 0 Å². The Kier molecular flexibility index (Phi) is 3.67. The molecule has 1 aliphatic rings. The molecule has 0 aliphatic heterocycles. The first kappa shape index (κ1) is 16.5. The van der Waals surface area contributed by atoms with Gasteiger partial charge in [-0.05, 0) is 31.1 Å². The van der Waals surface area contributed by atoms with E-state index in [1.807, 2.05) is 12.1 Å². The van der Waals surface area contributed by atoms with Gasteiger partial charge in [0.2, 0.25) is 0 Å². The Hall–Kier alpha value is -3.64. The molecular weight excluding hydrogens is 376 g/mol. The van der Waals surface area contributed by atoms with Crippen molar-refractivity contribution >= 4 is 23.1 Å². The molecule has 1 aliphatic carbocycles. The molecule has 28 heavy (non-hydrogen) atoms. The highest BCUT2D eigenvalue weighted by atomic mass is 32.1. The lowest BCUT2D eigenvalue weighted by Crippen LogP contribution is -2.19. The number of nitrogens with one attached hydrogen (secondary N) is 1. The number of thiophene rings is 1. The van der Waals surface area contributed by atoms with E-state index < -0.39 is 0 Å². The van der Waals surface area contributed by atoms with Gasteiger partial charge in [-0.1, -0.05) is 0 Å². The van der Waals surface area contributed by atoms with Gasteiger partial charge in [0.25, 0.3) is 0 Å². The third-order valence-corrected chi connectivity index (χ3v) is 5.45. The number of nitrogens with zero attached hydrogens (tertiary/aromatic N) is 5. The highest BCUT2D eigenvalue weighted by molar-refractivity contribution is 7.15. The Balaban J connectivity index is 1.76. The van der Waals surface area contributed by atoms with E-state index in [0.717, 1.165) is 23.4 Å². The first-order valence-electron chi connectivity index (χ1n) is 8.66. The molecule has 4 aromatic heterocycles. The number of hydrogen-bond donors (Lipinski definition) is 3. The monoisotopic (exact) mass is 390 g/mol. The minimum Gasteiger partial charge on any atom is -0.494 e. The highest BCUT2D eigenvalue weighted by Gasteiger charge is 2.20. The van der Waals surface area contributed by atoms with Gasteiger partial charge in [0, 0.05) is 22.9 Å². The molecule has 1 saturated carbocycles. The van der Waals surface area contributed by atoms with Crippen LogP contribution >= 0.6 is 11.3 Å². The molecule has 0 radical (unpaired) electrons. The Morgan fingerprint density at radius 3 is 2.86 bits per heavy atom. The fourth-order valence-corrected chi connectivity index (χ4v) is 3.70. The van der Waals surface area contributed by atoms with Crippen molar-refractivity contribution in [2.75, 3.05) is 0 Å². The fourth-order valence-electron chi connectivity index (χ4n) is 2.93. The van der Waals surface area contributed by atoms with Gasteiger partial charge in [-0.2, -0.15) is 14.9 Å². The fraction of sp³-hybridized carbons (Fsp3) is 0.158. The van der Waals surface area contributed by atoms with Crippen LogP contribution < -0.4 is 10.7 Å². The van der Waals surface area contributed by atoms with Crippen molar-refractivity contribution in [1.82, 2.24) is 19.6 Å². The molecule has 138 valence electrons. The molecule has 0 saturated heterocycles. The normalized spacial score (nSPS) is 15.4. The summed E-state index contributed by atoms with van der Waals surface area (Å²) in [6.07, 6.45) is 5.47. The van der Waals surface area contributed by atoms with Gasteiger partial charge >= 0.3 is 0 Å². The van der Waals surface area contributed by atoms with Gasteiger partial charge < -0.3 is 10.2 Å². The molecule has 8 nitrogen and oxygen atoms in total. The third-order valence-electron chi connectivity index (χ3n) is 4.43. The topological polar surface area (TPSA) is 123 Å².